The summed E-state index contributed by atoms with van der Waals surface area (Å²) in [6, 6.07) is 6.06. The van der Waals surface area contributed by atoms with E-state index in [2.05, 4.69) is 52.0 Å². The highest BCUT2D eigenvalue weighted by Crippen LogP contribution is 2.59. The Morgan fingerprint density at radius 1 is 0.688 bits per heavy atom. The number of pyridine rings is 1. The molecule has 1 aromatic carbocycles. The Balaban J connectivity index is 0.899. The highest BCUT2D eigenvalue weighted by atomic mass is 79.9. The molecule has 3 aromatic rings. The van der Waals surface area contributed by atoms with Gasteiger partial charge in [-0.05, 0) is 99.0 Å². The molecule has 2 fully saturated rings. The van der Waals surface area contributed by atoms with E-state index in [4.69, 9.17) is 37.5 Å². The molecule has 536 valence electrons. The van der Waals surface area contributed by atoms with E-state index in [1.165, 1.54) is 75.7 Å². The maximum atomic E-state index is 14.6. The van der Waals surface area contributed by atoms with Crippen LogP contribution in [0.2, 0.25) is 0 Å². The van der Waals surface area contributed by atoms with Crippen molar-refractivity contribution in [1.29, 1.82) is 0 Å². The summed E-state index contributed by atoms with van der Waals surface area (Å²) < 4.78 is 63.3. The minimum absolute atomic E-state index is 0.000318. The van der Waals surface area contributed by atoms with Crippen LogP contribution in [0.1, 0.15) is 178 Å². The molecular formula is C67H102BrN8O19P. The van der Waals surface area contributed by atoms with Crippen LogP contribution < -0.4 is 26.0 Å². The fraction of sp³-hybridized carbons (Fsp3) is 0.687. The summed E-state index contributed by atoms with van der Waals surface area (Å²) in [6.45, 7) is 7.64. The summed E-state index contributed by atoms with van der Waals surface area (Å²) in [4.78, 5) is 122. The average molecular weight is 1430 g/mol. The van der Waals surface area contributed by atoms with Gasteiger partial charge in [0.15, 0.2) is 17.9 Å². The lowest BCUT2D eigenvalue weighted by Crippen LogP contribution is -2.47. The van der Waals surface area contributed by atoms with Crippen molar-refractivity contribution in [1.82, 2.24) is 35.6 Å². The number of Topliss-reactive ketones (excluding diaryl/α,β-unsaturated/α-hetero) is 2. The molecule has 0 bridgehead atoms. The summed E-state index contributed by atoms with van der Waals surface area (Å²) in [5.41, 5.74) is 0.600. The highest BCUT2D eigenvalue weighted by Gasteiger charge is 2.67. The Hall–Kier alpha value is -6.26. The number of benzene rings is 1. The number of piperidine rings is 1. The number of hydrogen-bond acceptors (Lipinski definition) is 21. The third-order valence-electron chi connectivity index (χ3n) is 16.6. The van der Waals surface area contributed by atoms with Crippen LogP contribution in [0.3, 0.4) is 0 Å². The number of fused-ring (bicyclic) bond motifs is 2. The molecule has 1 saturated heterocycles. The van der Waals surface area contributed by atoms with Gasteiger partial charge in [-0.1, -0.05) is 83.1 Å². The van der Waals surface area contributed by atoms with Crippen molar-refractivity contribution in [2.75, 3.05) is 105 Å². The second kappa shape index (κ2) is 43.9. The molecule has 96 heavy (non-hydrogen) atoms. The molecule has 3 heterocycles. The fourth-order valence-electron chi connectivity index (χ4n) is 11.4. The third kappa shape index (κ3) is 28.7. The van der Waals surface area contributed by atoms with Crippen LogP contribution in [0.15, 0.2) is 34.9 Å². The number of esters is 2. The third-order valence-corrected chi connectivity index (χ3v) is 18.8. The van der Waals surface area contributed by atoms with Crippen LogP contribution in [-0.2, 0) is 86.9 Å². The number of nitrogens with zero attached hydrogens (tertiary/aromatic N) is 4. The first kappa shape index (κ1) is 80.4. The summed E-state index contributed by atoms with van der Waals surface area (Å²) >= 11 is 3.36. The first-order valence-electron chi connectivity index (χ1n) is 33.8. The van der Waals surface area contributed by atoms with Gasteiger partial charge in [0.2, 0.25) is 29.5 Å². The van der Waals surface area contributed by atoms with Gasteiger partial charge < -0.3 is 68.4 Å². The van der Waals surface area contributed by atoms with E-state index in [1.54, 1.807) is 51.1 Å². The van der Waals surface area contributed by atoms with Crippen molar-refractivity contribution in [3.63, 3.8) is 0 Å². The number of ether oxygens (including phenoxy) is 7. The number of methoxy groups -OCH3 is 2. The second-order valence-electron chi connectivity index (χ2n) is 24.2. The number of aryl methyl sites for hydroxylation is 1. The number of aromatic nitrogens is 3. The van der Waals surface area contributed by atoms with E-state index in [-0.39, 0.29) is 159 Å². The molecule has 1 aliphatic carbocycles. The molecule has 4 atom stereocenters. The van der Waals surface area contributed by atoms with Gasteiger partial charge in [-0.2, -0.15) is 5.10 Å². The molecule has 1 saturated carbocycles. The van der Waals surface area contributed by atoms with Gasteiger partial charge in [0.05, 0.1) is 66.0 Å². The van der Waals surface area contributed by atoms with E-state index in [0.29, 0.717) is 52.6 Å². The second-order valence-corrected chi connectivity index (χ2v) is 27.0. The van der Waals surface area contributed by atoms with Crippen LogP contribution in [0.4, 0.5) is 5.82 Å². The van der Waals surface area contributed by atoms with Crippen LogP contribution in [0, 0.1) is 12.3 Å². The average Bonchev–Trinajstić information content (AvgIpc) is 1.54. The Kier molecular flexibility index (Phi) is 36.8. The minimum atomic E-state index is -3.58. The van der Waals surface area contributed by atoms with E-state index >= 15 is 0 Å². The highest BCUT2D eigenvalue weighted by molar-refractivity contribution is 9.10. The lowest BCUT2D eigenvalue weighted by Gasteiger charge is -2.27. The summed E-state index contributed by atoms with van der Waals surface area (Å²) in [7, 11) is -0.913. The van der Waals surface area contributed by atoms with Crippen LogP contribution >= 0.6 is 23.5 Å². The number of rotatable bonds is 53. The molecule has 5 amide bonds. The molecular weight excluding hydrogens is 1330 g/mol. The molecule has 27 nitrogen and oxygen atoms in total. The van der Waals surface area contributed by atoms with Crippen molar-refractivity contribution in [3.8, 4) is 5.75 Å². The summed E-state index contributed by atoms with van der Waals surface area (Å²) in [6.07, 6.45) is 17.5. The van der Waals surface area contributed by atoms with Gasteiger partial charge in [0.1, 0.15) is 53.7 Å². The topological polar surface area (TPSA) is 336 Å². The van der Waals surface area contributed by atoms with Crippen molar-refractivity contribution in [3.05, 3.63) is 46.2 Å². The van der Waals surface area contributed by atoms with Crippen molar-refractivity contribution >= 4 is 93.3 Å². The number of carbonyl (C=O) groups excluding carboxylic acids is 9. The van der Waals surface area contributed by atoms with Crippen molar-refractivity contribution < 1.29 is 89.9 Å². The molecule has 1 aliphatic heterocycles. The monoisotopic (exact) mass is 1430 g/mol. The molecule has 5 rings (SSSR count). The first-order valence-corrected chi connectivity index (χ1v) is 36.4. The van der Waals surface area contributed by atoms with E-state index in [9.17, 15) is 47.7 Å². The standard InChI is InChI=1S/C67H102BrN8O19P/c1-7-94-96(86,95-8-2)47-93-51-28-29-52-54(40-51)75(74-63(52)49(4)77)43-61(82)76-55(65(84)73-64-48(3)27-31-57(68)72-64)41-67(42-56(67)76)46-70-60(81)45-92-39-36-89-34-23-24-50(78)44-91-38-37-90-35-33-69-58(79)32-30-53(66(85)88-6)71-59(80)25-21-19-17-15-13-11-9-10-12-14-16-18-20-22-26-62(83)87-5/h27-29,31,40,53,55-56H,7-26,30,32-39,41-47H2,1-6H3,(H,69,79)(H,70,81)(H,71,80)(H,72,73,84)/t53-,55-,56+,67-/m0/s1. The number of halogens is 1. The van der Waals surface area contributed by atoms with Gasteiger partial charge in [-0.25, -0.2) is 9.78 Å². The molecule has 0 radical (unpaired) electrons. The normalized spacial score (nSPS) is 16.0. The summed E-state index contributed by atoms with van der Waals surface area (Å²) in [5, 5.41) is 16.2. The van der Waals surface area contributed by atoms with E-state index < -0.39 is 54.8 Å². The SMILES string of the molecule is CCOP(=O)(COc1ccc2c(C(C)=O)nn(CC(=O)N3[C@H](C(=O)Nc4nc(Br)ccc4C)C[C@@]4(CNC(=O)COCCOCCCC(=O)COCCOCCNC(=O)CC[C@H](NC(=O)CCCCCCCCCCCCCCCCC(=O)OC)C(=O)OC)C[C@@H]34)c2c1)OCC. The van der Waals surface area contributed by atoms with Crippen LogP contribution in [0.5, 0.6) is 5.75 Å². The van der Waals surface area contributed by atoms with Crippen LogP contribution in [-0.4, -0.2) is 191 Å². The molecule has 0 spiro atoms. The van der Waals surface area contributed by atoms with Gasteiger partial charge in [-0.15, -0.1) is 0 Å². The minimum Gasteiger partial charge on any atom is -0.481 e. The zero-order chi connectivity index (χ0) is 69.7. The van der Waals surface area contributed by atoms with Crippen molar-refractivity contribution in [2.24, 2.45) is 5.41 Å². The largest absolute Gasteiger partial charge is 0.481 e. The van der Waals surface area contributed by atoms with E-state index in [1.807, 2.05) is 0 Å². The Morgan fingerprint density at radius 3 is 1.95 bits per heavy atom. The molecule has 2 aromatic heterocycles. The first-order chi connectivity index (χ1) is 46.2. The van der Waals surface area contributed by atoms with Gasteiger partial charge in [0.25, 0.3) is 0 Å². The molecule has 4 N–H and O–H groups in total. The fourth-order valence-corrected chi connectivity index (χ4v) is 13.0. The lowest BCUT2D eigenvalue weighted by atomic mass is 9.99. The Morgan fingerprint density at radius 2 is 1.31 bits per heavy atom. The van der Waals surface area contributed by atoms with Gasteiger partial charge in [-0.3, -0.25) is 47.6 Å². The zero-order valence-corrected chi connectivity index (χ0v) is 59.4. The van der Waals surface area contributed by atoms with E-state index in [0.717, 1.165) is 44.9 Å². The Labute approximate surface area is 572 Å². The quantitative estimate of drug-likeness (QED) is 0.0135. The van der Waals surface area contributed by atoms with Crippen molar-refractivity contribution in [2.45, 2.75) is 194 Å². The zero-order valence-electron chi connectivity index (χ0n) is 56.9. The molecule has 2 aliphatic rings. The molecule has 0 unspecified atom stereocenters. The number of ketones is 2. The number of nitrogens with one attached hydrogen (secondary N) is 4. The predicted molar refractivity (Wildman–Crippen MR) is 360 cm³/mol. The predicted octanol–water partition coefficient (Wildman–Crippen LogP) is 8.81. The smallest absolute Gasteiger partial charge is 0.367 e. The summed E-state index contributed by atoms with van der Waals surface area (Å²) in [5.74, 6) is -2.47. The maximum Gasteiger partial charge on any atom is 0.367 e. The van der Waals surface area contributed by atoms with Gasteiger partial charge in [0, 0.05) is 75.2 Å². The number of unbranched alkanes of at least 4 members (excludes halogenated alkanes) is 13. The maximum absolute atomic E-state index is 14.6. The number of likely N-dealkylation sites (tertiary alicyclic amines) is 1. The lowest BCUT2D eigenvalue weighted by molar-refractivity contribution is -0.145. The molecule has 29 heteroatoms. The number of anilines is 1. The van der Waals surface area contributed by atoms with Gasteiger partial charge >= 0.3 is 19.5 Å². The number of hydrogen-bond donors (Lipinski definition) is 4. The number of amides is 5. The van der Waals surface area contributed by atoms with Crippen LogP contribution in [0.25, 0.3) is 10.9 Å². The number of carbonyl (C=O) groups is 9. The Bertz CT molecular complexity index is 3030.